The average Bonchev–Trinajstić information content (AvgIpc) is 3.01. The lowest BCUT2D eigenvalue weighted by Crippen LogP contribution is -2.38. The van der Waals surface area contributed by atoms with Gasteiger partial charge in [-0.15, -0.1) is 10.2 Å². The van der Waals surface area contributed by atoms with Crippen LogP contribution in [0.15, 0.2) is 5.16 Å². The second kappa shape index (κ2) is 6.65. The smallest absolute Gasteiger partial charge is 0.313 e. The molecule has 1 aromatic heterocycles. The molecule has 0 spiro atoms. The highest BCUT2D eigenvalue weighted by molar-refractivity contribution is 7.99. The number of anilines is 1. The number of hydrogen-bond acceptors (Lipinski definition) is 6. The molecular weight excluding hydrogens is 292 g/mol. The van der Waals surface area contributed by atoms with E-state index in [1.54, 1.807) is 0 Å². The number of likely N-dealkylation sites (N-methyl/N-ethyl adjacent to an activating group) is 1. The minimum atomic E-state index is -0.856. The Morgan fingerprint density at radius 1 is 1.57 bits per heavy atom. The molecule has 0 amide bonds. The Kier molecular flexibility index (Phi) is 5.10. The summed E-state index contributed by atoms with van der Waals surface area (Å²) in [4.78, 5) is 12.8. The van der Waals surface area contributed by atoms with Gasteiger partial charge >= 0.3 is 5.97 Å². The maximum absolute atomic E-state index is 10.7. The highest BCUT2D eigenvalue weighted by Crippen LogP contribution is 2.29. The number of nitrogens with zero attached hydrogens (tertiary/aromatic N) is 4. The summed E-state index contributed by atoms with van der Waals surface area (Å²) < 4.78 is 7.60. The maximum atomic E-state index is 10.7. The molecule has 2 unspecified atom stereocenters. The Balaban J connectivity index is 2.24. The Morgan fingerprint density at radius 3 is 2.81 bits per heavy atom. The number of carboxylic acids is 1. The molecule has 1 saturated heterocycles. The van der Waals surface area contributed by atoms with Crippen LogP contribution < -0.4 is 4.90 Å². The third kappa shape index (κ3) is 3.49. The molecule has 1 fully saturated rings. The average molecular weight is 314 g/mol. The Hall–Kier alpha value is -1.28. The lowest BCUT2D eigenvalue weighted by Gasteiger charge is -2.28. The minimum absolute atomic E-state index is 0.0164. The van der Waals surface area contributed by atoms with E-state index < -0.39 is 5.97 Å². The van der Waals surface area contributed by atoms with Crippen LogP contribution in [0.2, 0.25) is 0 Å². The lowest BCUT2D eigenvalue weighted by molar-refractivity contribution is -0.133. The number of aromatic nitrogens is 3. The number of carbonyl (C=O) groups is 1. The molecule has 1 aromatic rings. The van der Waals surface area contributed by atoms with Crippen molar-refractivity contribution in [3.05, 3.63) is 0 Å². The van der Waals surface area contributed by atoms with E-state index in [9.17, 15) is 4.79 Å². The first kappa shape index (κ1) is 16.1. The van der Waals surface area contributed by atoms with Gasteiger partial charge in [0.25, 0.3) is 0 Å². The zero-order valence-corrected chi connectivity index (χ0v) is 13.6. The summed E-state index contributed by atoms with van der Waals surface area (Å²) in [5, 5.41) is 17.9. The van der Waals surface area contributed by atoms with Gasteiger partial charge in [-0.05, 0) is 27.2 Å². The first-order valence-electron chi connectivity index (χ1n) is 7.05. The molecule has 2 heterocycles. The van der Waals surface area contributed by atoms with E-state index in [0.29, 0.717) is 5.16 Å². The van der Waals surface area contributed by atoms with Crippen LogP contribution >= 0.6 is 11.8 Å². The Bertz CT molecular complexity index is 506. The van der Waals surface area contributed by atoms with Crippen molar-refractivity contribution in [3.8, 4) is 0 Å². The van der Waals surface area contributed by atoms with Crippen LogP contribution in [0, 0.1) is 0 Å². The van der Waals surface area contributed by atoms with Gasteiger partial charge in [-0.2, -0.15) is 0 Å². The van der Waals surface area contributed by atoms with Gasteiger partial charge in [-0.1, -0.05) is 11.8 Å². The fourth-order valence-electron chi connectivity index (χ4n) is 2.56. The molecule has 1 aliphatic rings. The Labute approximate surface area is 128 Å². The van der Waals surface area contributed by atoms with Crippen molar-refractivity contribution in [1.29, 1.82) is 0 Å². The summed E-state index contributed by atoms with van der Waals surface area (Å²) in [5.41, 5.74) is 0. The van der Waals surface area contributed by atoms with Crippen molar-refractivity contribution in [3.63, 3.8) is 0 Å². The highest BCUT2D eigenvalue weighted by Gasteiger charge is 2.31. The van der Waals surface area contributed by atoms with Gasteiger partial charge in [0.2, 0.25) is 5.95 Å². The summed E-state index contributed by atoms with van der Waals surface area (Å²) in [7, 11) is 1.99. The minimum Gasteiger partial charge on any atom is -0.481 e. The van der Waals surface area contributed by atoms with Crippen LogP contribution in [0.5, 0.6) is 0 Å². The van der Waals surface area contributed by atoms with Crippen molar-refractivity contribution in [1.82, 2.24) is 14.8 Å². The van der Waals surface area contributed by atoms with E-state index in [0.717, 1.165) is 19.0 Å². The number of hydrogen-bond donors (Lipinski definition) is 1. The van der Waals surface area contributed by atoms with Crippen molar-refractivity contribution in [2.24, 2.45) is 0 Å². The van der Waals surface area contributed by atoms with Gasteiger partial charge in [0.1, 0.15) is 0 Å². The first-order valence-corrected chi connectivity index (χ1v) is 8.04. The van der Waals surface area contributed by atoms with Gasteiger partial charge in [-0.25, -0.2) is 0 Å². The molecule has 0 aliphatic carbocycles. The third-order valence-corrected chi connectivity index (χ3v) is 4.56. The second-order valence-corrected chi connectivity index (χ2v) is 6.41. The normalized spacial score (nSPS) is 22.0. The fraction of sp³-hybridized carbons (Fsp3) is 0.769. The molecular formula is C13H22N4O3S. The van der Waals surface area contributed by atoms with Crippen molar-refractivity contribution >= 4 is 23.7 Å². The summed E-state index contributed by atoms with van der Waals surface area (Å²) in [6.45, 7) is 6.90. The van der Waals surface area contributed by atoms with Crippen LogP contribution in [-0.2, 0) is 9.53 Å². The van der Waals surface area contributed by atoms with Crippen LogP contribution in [0.4, 0.5) is 5.95 Å². The predicted molar refractivity (Wildman–Crippen MR) is 81.0 cm³/mol. The SMILES string of the molecule is CC1OCCC1N(C)c1nnc(SCC(=O)O)n1C(C)C. The summed E-state index contributed by atoms with van der Waals surface area (Å²) in [6, 6.07) is 0.426. The van der Waals surface area contributed by atoms with Crippen molar-refractivity contribution < 1.29 is 14.6 Å². The highest BCUT2D eigenvalue weighted by atomic mass is 32.2. The predicted octanol–water partition coefficient (Wildman–Crippen LogP) is 1.65. The number of ether oxygens (including phenoxy) is 1. The van der Waals surface area contributed by atoms with E-state index in [-0.39, 0.29) is 23.9 Å². The number of aliphatic carboxylic acids is 1. The largest absolute Gasteiger partial charge is 0.481 e. The monoisotopic (exact) mass is 314 g/mol. The summed E-state index contributed by atoms with van der Waals surface area (Å²) in [5.74, 6) is -0.108. The summed E-state index contributed by atoms with van der Waals surface area (Å²) in [6.07, 6.45) is 1.11. The molecule has 118 valence electrons. The zero-order chi connectivity index (χ0) is 15.6. The van der Waals surface area contributed by atoms with Crippen LogP contribution in [-0.4, -0.2) is 57.4 Å². The van der Waals surface area contributed by atoms with E-state index >= 15 is 0 Å². The van der Waals surface area contributed by atoms with Gasteiger partial charge in [-0.3, -0.25) is 9.36 Å². The number of carboxylic acid groups (broad SMARTS) is 1. The van der Waals surface area contributed by atoms with Crippen LogP contribution in [0.25, 0.3) is 0 Å². The van der Waals surface area contributed by atoms with Gasteiger partial charge < -0.3 is 14.7 Å². The van der Waals surface area contributed by atoms with Gasteiger partial charge in [0.05, 0.1) is 17.9 Å². The number of rotatable bonds is 6. The fourth-order valence-corrected chi connectivity index (χ4v) is 3.35. The maximum Gasteiger partial charge on any atom is 0.313 e. The molecule has 2 atom stereocenters. The van der Waals surface area contributed by atoms with Crippen LogP contribution in [0.3, 0.4) is 0 Å². The second-order valence-electron chi connectivity index (χ2n) is 5.47. The van der Waals surface area contributed by atoms with E-state index in [1.165, 1.54) is 11.8 Å². The number of thioether (sulfide) groups is 1. The molecule has 8 heteroatoms. The first-order chi connectivity index (χ1) is 9.91. The third-order valence-electron chi connectivity index (χ3n) is 3.64. The van der Waals surface area contributed by atoms with Crippen LogP contribution in [0.1, 0.15) is 33.2 Å². The van der Waals surface area contributed by atoms with Crippen molar-refractivity contribution in [2.45, 2.75) is 50.5 Å². The molecule has 1 N–H and O–H groups in total. The molecule has 1 aliphatic heterocycles. The topological polar surface area (TPSA) is 80.5 Å². The van der Waals surface area contributed by atoms with Gasteiger partial charge in [0.15, 0.2) is 5.16 Å². The Morgan fingerprint density at radius 2 is 2.29 bits per heavy atom. The molecule has 21 heavy (non-hydrogen) atoms. The molecule has 0 saturated carbocycles. The van der Waals surface area contributed by atoms with E-state index in [4.69, 9.17) is 9.84 Å². The zero-order valence-electron chi connectivity index (χ0n) is 12.8. The molecule has 0 aromatic carbocycles. The molecule has 0 bridgehead atoms. The molecule has 0 radical (unpaired) electrons. The standard InChI is InChI=1S/C13H22N4O3S/c1-8(2)17-12(14-15-13(17)21-7-11(18)19)16(4)10-5-6-20-9(10)3/h8-10H,5-7H2,1-4H3,(H,18,19). The lowest BCUT2D eigenvalue weighted by atomic mass is 10.1. The van der Waals surface area contributed by atoms with Gasteiger partial charge in [0, 0.05) is 19.7 Å². The summed E-state index contributed by atoms with van der Waals surface area (Å²) >= 11 is 1.20. The molecule has 7 nitrogen and oxygen atoms in total. The molecule has 2 rings (SSSR count). The van der Waals surface area contributed by atoms with E-state index in [1.807, 2.05) is 25.5 Å². The van der Waals surface area contributed by atoms with Crippen molar-refractivity contribution in [2.75, 3.05) is 24.3 Å². The van der Waals surface area contributed by atoms with E-state index in [2.05, 4.69) is 22.0 Å². The quantitative estimate of drug-likeness (QED) is 0.800.